The summed E-state index contributed by atoms with van der Waals surface area (Å²) >= 11 is 0. The summed E-state index contributed by atoms with van der Waals surface area (Å²) in [4.78, 5) is 24.1. The molecule has 2 amide bonds. The Morgan fingerprint density at radius 2 is 1.84 bits per heavy atom. The number of nitrogens with one attached hydrogen (secondary N) is 2. The van der Waals surface area contributed by atoms with Crippen molar-refractivity contribution in [1.82, 2.24) is 0 Å². The molecular weight excluding hydrogens is 344 g/mol. The summed E-state index contributed by atoms with van der Waals surface area (Å²) in [5.41, 5.74) is 1.28. The monoisotopic (exact) mass is 360 g/mol. The summed E-state index contributed by atoms with van der Waals surface area (Å²) in [6.45, 7) is 1.65. The SMILES string of the molecule is CC1Oc2ccc(NC(=O)c3ccc(S(C)(=O)=O)cc3)cc2NC1=O. The number of anilines is 2. The Morgan fingerprint density at radius 3 is 2.48 bits per heavy atom. The molecule has 3 rings (SSSR count). The zero-order valence-electron chi connectivity index (χ0n) is 13.6. The van der Waals surface area contributed by atoms with E-state index in [0.29, 0.717) is 22.7 Å². The third-order valence-corrected chi connectivity index (χ3v) is 4.84. The lowest BCUT2D eigenvalue weighted by Gasteiger charge is -2.23. The van der Waals surface area contributed by atoms with Crippen LogP contribution in [0.1, 0.15) is 17.3 Å². The quantitative estimate of drug-likeness (QED) is 0.872. The van der Waals surface area contributed by atoms with Gasteiger partial charge in [0.2, 0.25) is 0 Å². The van der Waals surface area contributed by atoms with E-state index >= 15 is 0 Å². The molecular formula is C17H16N2O5S. The summed E-state index contributed by atoms with van der Waals surface area (Å²) in [6, 6.07) is 10.6. The number of carbonyl (C=O) groups excluding carboxylic acids is 2. The first kappa shape index (κ1) is 17.0. The molecule has 25 heavy (non-hydrogen) atoms. The van der Waals surface area contributed by atoms with Gasteiger partial charge in [-0.2, -0.15) is 0 Å². The van der Waals surface area contributed by atoms with Crippen LogP contribution in [0.3, 0.4) is 0 Å². The predicted molar refractivity (Wildman–Crippen MR) is 92.7 cm³/mol. The number of hydrogen-bond acceptors (Lipinski definition) is 5. The van der Waals surface area contributed by atoms with Gasteiger partial charge in [0.25, 0.3) is 11.8 Å². The van der Waals surface area contributed by atoms with Crippen LogP contribution in [0.4, 0.5) is 11.4 Å². The molecule has 1 unspecified atom stereocenters. The van der Waals surface area contributed by atoms with Crippen LogP contribution in [0.5, 0.6) is 5.75 Å². The van der Waals surface area contributed by atoms with E-state index in [9.17, 15) is 18.0 Å². The van der Waals surface area contributed by atoms with Gasteiger partial charge in [0.15, 0.2) is 15.9 Å². The largest absolute Gasteiger partial charge is 0.479 e. The van der Waals surface area contributed by atoms with Crippen LogP contribution in [0.15, 0.2) is 47.4 Å². The van der Waals surface area contributed by atoms with Crippen molar-refractivity contribution in [2.45, 2.75) is 17.9 Å². The molecule has 1 atom stereocenters. The summed E-state index contributed by atoms with van der Waals surface area (Å²) in [6.07, 6.45) is 0.535. The molecule has 1 heterocycles. The standard InChI is InChI=1S/C17H16N2O5S/c1-10-16(20)19-14-9-12(5-8-15(14)24-10)18-17(21)11-3-6-13(7-4-11)25(2,22)23/h3-10H,1-2H3,(H,18,21)(H,19,20). The summed E-state index contributed by atoms with van der Waals surface area (Å²) in [7, 11) is -3.31. The van der Waals surface area contributed by atoms with Crippen LogP contribution in [0.2, 0.25) is 0 Å². The molecule has 0 spiro atoms. The third-order valence-electron chi connectivity index (χ3n) is 3.71. The zero-order valence-corrected chi connectivity index (χ0v) is 14.4. The molecule has 2 N–H and O–H groups in total. The molecule has 0 aliphatic carbocycles. The molecule has 2 aromatic carbocycles. The maximum atomic E-state index is 12.3. The number of hydrogen-bond donors (Lipinski definition) is 2. The molecule has 0 aromatic heterocycles. The first-order chi connectivity index (χ1) is 11.7. The van der Waals surface area contributed by atoms with Crippen LogP contribution >= 0.6 is 0 Å². The Kier molecular flexibility index (Phi) is 4.22. The van der Waals surface area contributed by atoms with Gasteiger partial charge in [0.1, 0.15) is 5.75 Å². The molecule has 0 saturated heterocycles. The van der Waals surface area contributed by atoms with Crippen LogP contribution in [-0.2, 0) is 14.6 Å². The van der Waals surface area contributed by atoms with E-state index < -0.39 is 21.8 Å². The Morgan fingerprint density at radius 1 is 1.16 bits per heavy atom. The predicted octanol–water partition coefficient (Wildman–Crippen LogP) is 2.06. The molecule has 0 saturated carbocycles. The van der Waals surface area contributed by atoms with Gasteiger partial charge in [0, 0.05) is 17.5 Å². The second-order valence-corrected chi connectivity index (χ2v) is 7.73. The van der Waals surface area contributed by atoms with Crippen molar-refractivity contribution >= 4 is 33.0 Å². The Hall–Kier alpha value is -2.87. The Labute approximate surface area is 144 Å². The van der Waals surface area contributed by atoms with Crippen molar-refractivity contribution in [1.29, 1.82) is 0 Å². The summed E-state index contributed by atoms with van der Waals surface area (Å²) in [5.74, 6) is -0.119. The summed E-state index contributed by atoms with van der Waals surface area (Å²) in [5, 5.41) is 5.40. The van der Waals surface area contributed by atoms with Crippen LogP contribution in [0, 0.1) is 0 Å². The fourth-order valence-electron chi connectivity index (χ4n) is 2.34. The molecule has 8 heteroatoms. The highest BCUT2D eigenvalue weighted by Gasteiger charge is 2.23. The topological polar surface area (TPSA) is 102 Å². The fraction of sp³-hybridized carbons (Fsp3) is 0.176. The second-order valence-electron chi connectivity index (χ2n) is 5.71. The van der Waals surface area contributed by atoms with Gasteiger partial charge in [-0.1, -0.05) is 0 Å². The minimum Gasteiger partial charge on any atom is -0.479 e. The van der Waals surface area contributed by atoms with Gasteiger partial charge < -0.3 is 15.4 Å². The molecule has 0 radical (unpaired) electrons. The molecule has 2 aromatic rings. The number of sulfone groups is 1. The molecule has 130 valence electrons. The van der Waals surface area contributed by atoms with Crippen molar-refractivity contribution in [3.8, 4) is 5.75 Å². The molecule has 1 aliphatic heterocycles. The van der Waals surface area contributed by atoms with E-state index in [1.807, 2.05) is 0 Å². The minimum atomic E-state index is -3.31. The van der Waals surface area contributed by atoms with Gasteiger partial charge in [-0.25, -0.2) is 8.42 Å². The average molecular weight is 360 g/mol. The van der Waals surface area contributed by atoms with E-state index in [1.165, 1.54) is 24.3 Å². The van der Waals surface area contributed by atoms with Crippen molar-refractivity contribution in [2.75, 3.05) is 16.9 Å². The highest BCUT2D eigenvalue weighted by atomic mass is 32.2. The zero-order chi connectivity index (χ0) is 18.2. The number of ether oxygens (including phenoxy) is 1. The first-order valence-electron chi connectivity index (χ1n) is 7.47. The van der Waals surface area contributed by atoms with Crippen LogP contribution in [-0.4, -0.2) is 32.6 Å². The number of rotatable bonds is 3. The molecule has 1 aliphatic rings. The van der Waals surface area contributed by atoms with Crippen molar-refractivity contribution < 1.29 is 22.7 Å². The van der Waals surface area contributed by atoms with Gasteiger partial charge in [-0.05, 0) is 49.4 Å². The lowest BCUT2D eigenvalue weighted by Crippen LogP contribution is -2.34. The smallest absolute Gasteiger partial charge is 0.265 e. The minimum absolute atomic E-state index is 0.145. The highest BCUT2D eigenvalue weighted by molar-refractivity contribution is 7.90. The van der Waals surface area contributed by atoms with E-state index in [-0.39, 0.29) is 10.8 Å². The van der Waals surface area contributed by atoms with E-state index in [4.69, 9.17) is 4.74 Å². The van der Waals surface area contributed by atoms with E-state index in [2.05, 4.69) is 10.6 Å². The van der Waals surface area contributed by atoms with Gasteiger partial charge in [-0.15, -0.1) is 0 Å². The average Bonchev–Trinajstić information content (AvgIpc) is 2.55. The number of carbonyl (C=O) groups is 2. The van der Waals surface area contributed by atoms with Crippen LogP contribution < -0.4 is 15.4 Å². The lowest BCUT2D eigenvalue weighted by molar-refractivity contribution is -0.122. The fourth-order valence-corrected chi connectivity index (χ4v) is 2.97. The lowest BCUT2D eigenvalue weighted by atomic mass is 10.2. The van der Waals surface area contributed by atoms with Crippen molar-refractivity contribution in [2.24, 2.45) is 0 Å². The molecule has 7 nitrogen and oxygen atoms in total. The van der Waals surface area contributed by atoms with E-state index in [0.717, 1.165) is 6.26 Å². The number of fused-ring (bicyclic) bond motifs is 1. The Bertz CT molecular complexity index is 952. The number of benzene rings is 2. The van der Waals surface area contributed by atoms with Gasteiger partial charge in [-0.3, -0.25) is 9.59 Å². The van der Waals surface area contributed by atoms with Gasteiger partial charge in [0.05, 0.1) is 10.6 Å². The van der Waals surface area contributed by atoms with E-state index in [1.54, 1.807) is 25.1 Å². The van der Waals surface area contributed by atoms with Crippen molar-refractivity contribution in [3.05, 3.63) is 48.0 Å². The highest BCUT2D eigenvalue weighted by Crippen LogP contribution is 2.32. The third kappa shape index (κ3) is 3.63. The maximum absolute atomic E-state index is 12.3. The van der Waals surface area contributed by atoms with Crippen molar-refractivity contribution in [3.63, 3.8) is 0 Å². The normalized spacial score (nSPS) is 16.4. The first-order valence-corrected chi connectivity index (χ1v) is 9.36. The maximum Gasteiger partial charge on any atom is 0.265 e. The molecule has 0 fully saturated rings. The second kappa shape index (κ2) is 6.21. The number of amides is 2. The Balaban J connectivity index is 1.77. The van der Waals surface area contributed by atoms with Gasteiger partial charge >= 0.3 is 0 Å². The van der Waals surface area contributed by atoms with Crippen LogP contribution in [0.25, 0.3) is 0 Å². The molecule has 0 bridgehead atoms. The summed E-state index contributed by atoms with van der Waals surface area (Å²) < 4.78 is 28.3.